The Morgan fingerprint density at radius 2 is 2.27 bits per heavy atom. The Morgan fingerprint density at radius 3 is 2.93 bits per heavy atom. The fraction of sp³-hybridized carbons (Fsp3) is 0.0909. The lowest BCUT2D eigenvalue weighted by Gasteiger charge is -1.90. The van der Waals surface area contributed by atoms with Crippen LogP contribution in [0.1, 0.15) is 9.67 Å². The Bertz CT molecular complexity index is 565. The molecule has 0 bridgehead atoms. The molecule has 0 atom stereocenters. The SMILES string of the molecule is [C-]#[N+]c1ccc2sc(C(=O)OC)cc2c1. The van der Waals surface area contributed by atoms with Crippen LogP contribution in [0.2, 0.25) is 0 Å². The lowest BCUT2D eigenvalue weighted by atomic mass is 10.2. The number of hydrogen-bond donors (Lipinski definition) is 0. The number of nitrogens with zero attached hydrogens (tertiary/aromatic N) is 1. The number of esters is 1. The Hall–Kier alpha value is -1.86. The van der Waals surface area contributed by atoms with E-state index in [4.69, 9.17) is 6.57 Å². The van der Waals surface area contributed by atoms with Gasteiger partial charge in [0.25, 0.3) is 0 Å². The first-order valence-electron chi connectivity index (χ1n) is 4.24. The van der Waals surface area contributed by atoms with Gasteiger partial charge in [-0.2, -0.15) is 0 Å². The zero-order chi connectivity index (χ0) is 10.8. The highest BCUT2D eigenvalue weighted by molar-refractivity contribution is 7.20. The number of hydrogen-bond acceptors (Lipinski definition) is 3. The van der Waals surface area contributed by atoms with Crippen molar-refractivity contribution in [2.24, 2.45) is 0 Å². The third-order valence-corrected chi connectivity index (χ3v) is 3.11. The molecule has 0 aliphatic rings. The molecule has 1 aromatic carbocycles. The van der Waals surface area contributed by atoms with Crippen molar-refractivity contribution >= 4 is 33.1 Å². The number of rotatable bonds is 1. The minimum atomic E-state index is -0.333. The molecule has 0 unspecified atom stereocenters. The number of carbonyl (C=O) groups is 1. The van der Waals surface area contributed by atoms with Gasteiger partial charge in [-0.1, -0.05) is 12.1 Å². The number of carbonyl (C=O) groups excluding carboxylic acids is 1. The van der Waals surface area contributed by atoms with Crippen LogP contribution in [-0.4, -0.2) is 13.1 Å². The number of benzene rings is 1. The van der Waals surface area contributed by atoms with Crippen molar-refractivity contribution in [3.63, 3.8) is 0 Å². The van der Waals surface area contributed by atoms with Crippen LogP contribution in [0.5, 0.6) is 0 Å². The van der Waals surface area contributed by atoms with Gasteiger partial charge in [-0.3, -0.25) is 0 Å². The van der Waals surface area contributed by atoms with Crippen LogP contribution >= 0.6 is 11.3 Å². The molecule has 74 valence electrons. The van der Waals surface area contributed by atoms with Crippen molar-refractivity contribution in [1.82, 2.24) is 0 Å². The Balaban J connectivity index is 2.57. The van der Waals surface area contributed by atoms with Crippen LogP contribution in [0, 0.1) is 6.57 Å². The average molecular weight is 217 g/mol. The summed E-state index contributed by atoms with van der Waals surface area (Å²) in [7, 11) is 1.36. The third-order valence-electron chi connectivity index (χ3n) is 2.02. The zero-order valence-electron chi connectivity index (χ0n) is 7.98. The molecule has 2 aromatic rings. The highest BCUT2D eigenvalue weighted by Gasteiger charge is 2.09. The number of thiophene rings is 1. The van der Waals surface area contributed by atoms with E-state index < -0.39 is 0 Å². The van der Waals surface area contributed by atoms with Gasteiger partial charge in [0.15, 0.2) is 5.69 Å². The van der Waals surface area contributed by atoms with Crippen LogP contribution in [0.3, 0.4) is 0 Å². The van der Waals surface area contributed by atoms with Crippen LogP contribution in [0.15, 0.2) is 24.3 Å². The van der Waals surface area contributed by atoms with Crippen molar-refractivity contribution < 1.29 is 9.53 Å². The smallest absolute Gasteiger partial charge is 0.348 e. The summed E-state index contributed by atoms with van der Waals surface area (Å²) in [6, 6.07) is 7.11. The molecule has 4 heteroatoms. The quantitative estimate of drug-likeness (QED) is 0.542. The molecule has 1 aromatic heterocycles. The molecule has 0 amide bonds. The predicted octanol–water partition coefficient (Wildman–Crippen LogP) is 3.24. The molecule has 1 heterocycles. The number of methoxy groups -OCH3 is 1. The second-order valence-corrected chi connectivity index (χ2v) is 4.02. The van der Waals surface area contributed by atoms with Gasteiger partial charge >= 0.3 is 5.97 Å². The Kier molecular flexibility index (Phi) is 2.40. The first-order valence-corrected chi connectivity index (χ1v) is 5.05. The van der Waals surface area contributed by atoms with Crippen molar-refractivity contribution in [3.05, 3.63) is 40.6 Å². The molecular weight excluding hydrogens is 210 g/mol. The molecular formula is C11H7NO2S. The summed E-state index contributed by atoms with van der Waals surface area (Å²) >= 11 is 1.37. The molecule has 0 spiro atoms. The van der Waals surface area contributed by atoms with E-state index in [1.54, 1.807) is 18.2 Å². The predicted molar refractivity (Wildman–Crippen MR) is 59.4 cm³/mol. The maximum Gasteiger partial charge on any atom is 0.348 e. The van der Waals surface area contributed by atoms with Crippen LogP contribution in [0.4, 0.5) is 5.69 Å². The lowest BCUT2D eigenvalue weighted by Crippen LogP contribution is -1.96. The van der Waals surface area contributed by atoms with Crippen LogP contribution in [0.25, 0.3) is 14.9 Å². The molecule has 3 nitrogen and oxygen atoms in total. The molecule has 15 heavy (non-hydrogen) atoms. The van der Waals surface area contributed by atoms with Gasteiger partial charge in [-0.25, -0.2) is 9.64 Å². The summed E-state index contributed by atoms with van der Waals surface area (Å²) in [5, 5.41) is 0.911. The lowest BCUT2D eigenvalue weighted by molar-refractivity contribution is 0.0606. The van der Waals surface area contributed by atoms with E-state index in [1.807, 2.05) is 6.07 Å². The summed E-state index contributed by atoms with van der Waals surface area (Å²) < 4.78 is 5.62. The average Bonchev–Trinajstić information content (AvgIpc) is 2.70. The minimum Gasteiger partial charge on any atom is -0.465 e. The van der Waals surface area contributed by atoms with E-state index >= 15 is 0 Å². The van der Waals surface area contributed by atoms with Gasteiger partial charge in [0, 0.05) is 4.70 Å². The van der Waals surface area contributed by atoms with Crippen molar-refractivity contribution in [2.75, 3.05) is 7.11 Å². The third kappa shape index (κ3) is 1.69. The summed E-state index contributed by atoms with van der Waals surface area (Å²) in [6.07, 6.45) is 0. The topological polar surface area (TPSA) is 30.7 Å². The molecule has 0 aliphatic heterocycles. The molecule has 0 saturated carbocycles. The Morgan fingerprint density at radius 1 is 1.47 bits per heavy atom. The fourth-order valence-corrected chi connectivity index (χ4v) is 2.26. The van der Waals surface area contributed by atoms with Crippen LogP contribution in [-0.2, 0) is 4.74 Å². The van der Waals surface area contributed by atoms with Gasteiger partial charge in [0.1, 0.15) is 4.88 Å². The normalized spacial score (nSPS) is 9.87. The summed E-state index contributed by atoms with van der Waals surface area (Å²) in [6.45, 7) is 6.88. The molecule has 2 rings (SSSR count). The largest absolute Gasteiger partial charge is 0.465 e. The van der Waals surface area contributed by atoms with Crippen molar-refractivity contribution in [2.45, 2.75) is 0 Å². The molecule has 0 fully saturated rings. The van der Waals surface area contributed by atoms with Gasteiger partial charge in [0.2, 0.25) is 0 Å². The van der Waals surface area contributed by atoms with Gasteiger partial charge in [-0.05, 0) is 17.5 Å². The number of ether oxygens (including phenoxy) is 1. The minimum absolute atomic E-state index is 0.333. The standard InChI is InChI=1S/C11H7NO2S/c1-12-8-3-4-9-7(5-8)6-10(15-9)11(13)14-2/h3-6H,2H3. The first kappa shape index (κ1) is 9.69. The Labute approximate surface area is 90.7 Å². The van der Waals surface area contributed by atoms with Crippen LogP contribution < -0.4 is 0 Å². The molecule has 0 radical (unpaired) electrons. The summed E-state index contributed by atoms with van der Waals surface area (Å²) in [5.74, 6) is -0.333. The van der Waals surface area contributed by atoms with E-state index in [1.165, 1.54) is 18.4 Å². The van der Waals surface area contributed by atoms with Crippen molar-refractivity contribution in [3.8, 4) is 0 Å². The maximum absolute atomic E-state index is 11.3. The van der Waals surface area contributed by atoms with Crippen molar-refractivity contribution in [1.29, 1.82) is 0 Å². The van der Waals surface area contributed by atoms with Gasteiger partial charge in [0.05, 0.1) is 13.7 Å². The summed E-state index contributed by atoms with van der Waals surface area (Å²) in [5.41, 5.74) is 0.580. The molecule has 0 aliphatic carbocycles. The van der Waals surface area contributed by atoms with E-state index in [9.17, 15) is 4.79 Å². The zero-order valence-corrected chi connectivity index (χ0v) is 8.80. The fourth-order valence-electron chi connectivity index (χ4n) is 1.30. The van der Waals surface area contributed by atoms with E-state index in [2.05, 4.69) is 9.58 Å². The second kappa shape index (κ2) is 3.71. The summed E-state index contributed by atoms with van der Waals surface area (Å²) in [4.78, 5) is 15.2. The highest BCUT2D eigenvalue weighted by Crippen LogP contribution is 2.29. The van der Waals surface area contributed by atoms with E-state index in [0.29, 0.717) is 10.6 Å². The molecule has 0 saturated heterocycles. The number of fused-ring (bicyclic) bond motifs is 1. The second-order valence-electron chi connectivity index (χ2n) is 2.94. The van der Waals surface area contributed by atoms with Gasteiger partial charge in [-0.15, -0.1) is 11.3 Å². The van der Waals surface area contributed by atoms with E-state index in [0.717, 1.165) is 10.1 Å². The maximum atomic E-state index is 11.3. The van der Waals surface area contributed by atoms with Gasteiger partial charge < -0.3 is 4.74 Å². The highest BCUT2D eigenvalue weighted by atomic mass is 32.1. The first-order chi connectivity index (χ1) is 7.24. The van der Waals surface area contributed by atoms with E-state index in [-0.39, 0.29) is 5.97 Å². The molecule has 0 N–H and O–H groups in total. The monoisotopic (exact) mass is 217 g/mol.